The lowest BCUT2D eigenvalue weighted by atomic mass is 9.95. The molecule has 0 aromatic heterocycles. The van der Waals surface area contributed by atoms with E-state index in [1.165, 1.54) is 11.1 Å². The molecule has 1 fully saturated rings. The Balaban J connectivity index is 1.98. The van der Waals surface area contributed by atoms with Gasteiger partial charge in [-0.2, -0.15) is 0 Å². The van der Waals surface area contributed by atoms with Crippen molar-refractivity contribution in [1.29, 1.82) is 0 Å². The average molecular weight is 288 g/mol. The summed E-state index contributed by atoms with van der Waals surface area (Å²) in [4.78, 5) is 16.9. The molecule has 0 radical (unpaired) electrons. The van der Waals surface area contributed by atoms with Gasteiger partial charge in [-0.25, -0.2) is 0 Å². The van der Waals surface area contributed by atoms with Gasteiger partial charge in [-0.1, -0.05) is 24.3 Å². The van der Waals surface area contributed by atoms with Gasteiger partial charge in [-0.15, -0.1) is 0 Å². The molecule has 1 saturated heterocycles. The van der Waals surface area contributed by atoms with Crippen LogP contribution in [0.1, 0.15) is 37.8 Å². The Kier molecular flexibility index (Phi) is 5.80. The molecule has 1 amide bonds. The minimum atomic E-state index is 0.183. The molecule has 1 aliphatic rings. The van der Waals surface area contributed by atoms with Crippen LogP contribution in [0.4, 0.5) is 0 Å². The van der Waals surface area contributed by atoms with Crippen LogP contribution in [0.5, 0.6) is 0 Å². The largest absolute Gasteiger partial charge is 0.343 e. The molecule has 1 aromatic rings. The highest BCUT2D eigenvalue weighted by Gasteiger charge is 2.28. The zero-order chi connectivity index (χ0) is 15.2. The number of rotatable bonds is 5. The molecule has 0 N–H and O–H groups in total. The zero-order valence-corrected chi connectivity index (χ0v) is 13.6. The summed E-state index contributed by atoms with van der Waals surface area (Å²) in [5.41, 5.74) is 2.73. The summed E-state index contributed by atoms with van der Waals surface area (Å²) in [7, 11) is 0. The van der Waals surface area contributed by atoms with Gasteiger partial charge in [0.2, 0.25) is 5.91 Å². The Morgan fingerprint density at radius 2 is 2.00 bits per heavy atom. The predicted molar refractivity (Wildman–Crippen MR) is 87.1 cm³/mol. The number of carbonyl (C=O) groups is 1. The lowest BCUT2D eigenvalue weighted by molar-refractivity contribution is -0.137. The Morgan fingerprint density at radius 1 is 1.29 bits per heavy atom. The van der Waals surface area contributed by atoms with Gasteiger partial charge in [-0.3, -0.25) is 9.69 Å². The molecule has 3 heteroatoms. The molecule has 0 unspecified atom stereocenters. The van der Waals surface area contributed by atoms with Crippen LogP contribution in [-0.4, -0.2) is 41.9 Å². The van der Waals surface area contributed by atoms with Crippen LogP contribution in [0, 0.1) is 12.8 Å². The van der Waals surface area contributed by atoms with Crippen molar-refractivity contribution in [2.75, 3.05) is 26.2 Å². The maximum absolute atomic E-state index is 12.5. The summed E-state index contributed by atoms with van der Waals surface area (Å²) in [6, 6.07) is 8.55. The fourth-order valence-electron chi connectivity index (χ4n) is 3.22. The highest BCUT2D eigenvalue weighted by Crippen LogP contribution is 2.21. The topological polar surface area (TPSA) is 23.6 Å². The van der Waals surface area contributed by atoms with Crippen molar-refractivity contribution in [2.24, 2.45) is 5.92 Å². The van der Waals surface area contributed by atoms with Crippen LogP contribution in [-0.2, 0) is 11.3 Å². The van der Waals surface area contributed by atoms with Crippen molar-refractivity contribution in [3.63, 3.8) is 0 Å². The second-order valence-electron chi connectivity index (χ2n) is 6.01. The smallest absolute Gasteiger partial charge is 0.226 e. The molecular weight excluding hydrogens is 260 g/mol. The second-order valence-corrected chi connectivity index (χ2v) is 6.01. The molecule has 1 aliphatic heterocycles. The maximum Gasteiger partial charge on any atom is 0.226 e. The number of piperidine rings is 1. The SMILES string of the molecule is CCN(CC)C(=O)[C@@H]1CCCN(Cc2ccccc2C)C1. The fraction of sp³-hybridized carbons (Fsp3) is 0.611. The summed E-state index contributed by atoms with van der Waals surface area (Å²) < 4.78 is 0. The lowest BCUT2D eigenvalue weighted by Gasteiger charge is -2.34. The van der Waals surface area contributed by atoms with E-state index in [0.29, 0.717) is 5.91 Å². The highest BCUT2D eigenvalue weighted by molar-refractivity contribution is 5.79. The summed E-state index contributed by atoms with van der Waals surface area (Å²) in [5.74, 6) is 0.525. The molecule has 0 spiro atoms. The molecule has 1 heterocycles. The molecule has 0 aliphatic carbocycles. The Hall–Kier alpha value is -1.35. The first-order valence-corrected chi connectivity index (χ1v) is 8.21. The van der Waals surface area contributed by atoms with Crippen molar-refractivity contribution in [2.45, 2.75) is 40.2 Å². The third-order valence-corrected chi connectivity index (χ3v) is 4.59. The van der Waals surface area contributed by atoms with E-state index >= 15 is 0 Å². The molecular formula is C18H28N2O. The first-order valence-electron chi connectivity index (χ1n) is 8.21. The van der Waals surface area contributed by atoms with Gasteiger partial charge < -0.3 is 4.90 Å². The number of carbonyl (C=O) groups excluding carboxylic acids is 1. The quantitative estimate of drug-likeness (QED) is 0.831. The molecule has 116 valence electrons. The first kappa shape index (κ1) is 16.0. The van der Waals surface area contributed by atoms with E-state index in [4.69, 9.17) is 0 Å². The van der Waals surface area contributed by atoms with Crippen LogP contribution in [0.2, 0.25) is 0 Å². The summed E-state index contributed by atoms with van der Waals surface area (Å²) in [5, 5.41) is 0. The van der Waals surface area contributed by atoms with E-state index in [2.05, 4.69) is 49.9 Å². The zero-order valence-electron chi connectivity index (χ0n) is 13.6. The average Bonchev–Trinajstić information content (AvgIpc) is 2.51. The molecule has 1 atom stereocenters. The second kappa shape index (κ2) is 7.60. The molecule has 21 heavy (non-hydrogen) atoms. The first-order chi connectivity index (χ1) is 10.2. The van der Waals surface area contributed by atoms with Crippen molar-refractivity contribution in [3.05, 3.63) is 35.4 Å². The third kappa shape index (κ3) is 4.07. The van der Waals surface area contributed by atoms with Gasteiger partial charge in [0.05, 0.1) is 5.92 Å². The van der Waals surface area contributed by atoms with Gasteiger partial charge >= 0.3 is 0 Å². The fourth-order valence-corrected chi connectivity index (χ4v) is 3.22. The van der Waals surface area contributed by atoms with Gasteiger partial charge in [-0.05, 0) is 51.3 Å². The van der Waals surface area contributed by atoms with E-state index in [0.717, 1.165) is 45.6 Å². The Bertz CT molecular complexity index is 468. The third-order valence-electron chi connectivity index (χ3n) is 4.59. The van der Waals surface area contributed by atoms with Crippen LogP contribution in [0.3, 0.4) is 0 Å². The van der Waals surface area contributed by atoms with Gasteiger partial charge in [0.15, 0.2) is 0 Å². The van der Waals surface area contributed by atoms with E-state index in [-0.39, 0.29) is 5.92 Å². The number of nitrogens with zero attached hydrogens (tertiary/aromatic N) is 2. The standard InChI is InChI=1S/C18H28N2O/c1-4-20(5-2)18(21)17-11-8-12-19(14-17)13-16-10-7-6-9-15(16)3/h6-7,9-10,17H,4-5,8,11-14H2,1-3H3/t17-/m1/s1. The number of aryl methyl sites for hydroxylation is 1. The minimum Gasteiger partial charge on any atom is -0.343 e. The minimum absolute atomic E-state index is 0.183. The summed E-state index contributed by atoms with van der Waals surface area (Å²) in [6.45, 7) is 10.9. The van der Waals surface area contributed by atoms with Crippen molar-refractivity contribution in [3.8, 4) is 0 Å². The van der Waals surface area contributed by atoms with Gasteiger partial charge in [0.25, 0.3) is 0 Å². The van der Waals surface area contributed by atoms with E-state index in [1.807, 2.05) is 4.90 Å². The molecule has 3 nitrogen and oxygen atoms in total. The highest BCUT2D eigenvalue weighted by atomic mass is 16.2. The van der Waals surface area contributed by atoms with Crippen molar-refractivity contribution >= 4 is 5.91 Å². The van der Waals surface area contributed by atoms with Crippen molar-refractivity contribution in [1.82, 2.24) is 9.80 Å². The number of hydrogen-bond donors (Lipinski definition) is 0. The van der Waals surface area contributed by atoms with Gasteiger partial charge in [0, 0.05) is 26.2 Å². The Labute approximate surface area is 128 Å². The van der Waals surface area contributed by atoms with E-state index in [9.17, 15) is 4.79 Å². The predicted octanol–water partition coefficient (Wildman–Crippen LogP) is 3.08. The van der Waals surface area contributed by atoms with E-state index in [1.54, 1.807) is 0 Å². The summed E-state index contributed by atoms with van der Waals surface area (Å²) in [6.07, 6.45) is 2.17. The maximum atomic E-state index is 12.5. The number of likely N-dealkylation sites (tertiary alicyclic amines) is 1. The summed E-state index contributed by atoms with van der Waals surface area (Å²) >= 11 is 0. The van der Waals surface area contributed by atoms with Gasteiger partial charge in [0.1, 0.15) is 0 Å². The number of benzene rings is 1. The monoisotopic (exact) mass is 288 g/mol. The lowest BCUT2D eigenvalue weighted by Crippen LogP contribution is -2.44. The normalized spacial score (nSPS) is 19.5. The van der Waals surface area contributed by atoms with Crippen LogP contribution in [0.25, 0.3) is 0 Å². The Morgan fingerprint density at radius 3 is 2.67 bits per heavy atom. The molecule has 2 rings (SSSR count). The van der Waals surface area contributed by atoms with Crippen LogP contribution >= 0.6 is 0 Å². The van der Waals surface area contributed by atoms with Crippen molar-refractivity contribution < 1.29 is 4.79 Å². The number of amides is 1. The van der Waals surface area contributed by atoms with E-state index < -0.39 is 0 Å². The van der Waals surface area contributed by atoms with Crippen LogP contribution in [0.15, 0.2) is 24.3 Å². The van der Waals surface area contributed by atoms with Crippen LogP contribution < -0.4 is 0 Å². The molecule has 0 saturated carbocycles. The molecule has 0 bridgehead atoms. The molecule has 1 aromatic carbocycles. The number of hydrogen-bond acceptors (Lipinski definition) is 2.